The molecule has 0 bridgehead atoms. The number of hydrogen-bond acceptors (Lipinski definition) is 7. The number of benzene rings is 2. The van der Waals surface area contributed by atoms with Gasteiger partial charge in [-0.2, -0.15) is 0 Å². The van der Waals surface area contributed by atoms with Gasteiger partial charge in [0.2, 0.25) is 5.88 Å². The second-order valence-electron chi connectivity index (χ2n) is 5.58. The first-order chi connectivity index (χ1) is 13.8. The average molecular weight is 436 g/mol. The minimum absolute atomic E-state index is 0.00792. The van der Waals surface area contributed by atoms with E-state index in [0.717, 1.165) is 7.11 Å². The summed E-state index contributed by atoms with van der Waals surface area (Å²) in [4.78, 5) is 34.9. The quantitative estimate of drug-likeness (QED) is 0.352. The summed E-state index contributed by atoms with van der Waals surface area (Å²) < 4.78 is 9.88. The molecule has 3 rings (SSSR count). The molecule has 1 N–H and O–H groups in total. The Hall–Kier alpha value is -3.43. The van der Waals surface area contributed by atoms with Gasteiger partial charge >= 0.3 is 5.97 Å². The normalized spacial score (nSPS) is 10.4. The largest absolute Gasteiger partial charge is 0.465 e. The molecule has 0 aliphatic heterocycles. The van der Waals surface area contributed by atoms with E-state index in [1.165, 1.54) is 24.3 Å². The number of hydrogen-bond donors (Lipinski definition) is 1. The highest BCUT2D eigenvalue weighted by Gasteiger charge is 2.29. The molecule has 0 radical (unpaired) electrons. The van der Waals surface area contributed by atoms with Gasteiger partial charge in [0.1, 0.15) is 5.69 Å². The van der Waals surface area contributed by atoms with Crippen LogP contribution in [0, 0.1) is 10.1 Å². The first-order valence-electron chi connectivity index (χ1n) is 7.91. The standard InChI is InChI=1S/C18H11Cl2N3O6/c1-28-18(25)14-15(13-11(19)3-2-4-12(13)20)22-29-17(14)21-16(24)9-5-7-10(8-6-9)23(26)27/h2-8H,1H3,(H,21,24). The molecule has 148 valence electrons. The van der Waals surface area contributed by atoms with E-state index < -0.39 is 16.8 Å². The van der Waals surface area contributed by atoms with Gasteiger partial charge in [-0.3, -0.25) is 20.2 Å². The van der Waals surface area contributed by atoms with Crippen LogP contribution in [0.1, 0.15) is 20.7 Å². The Morgan fingerprint density at radius 1 is 1.14 bits per heavy atom. The summed E-state index contributed by atoms with van der Waals surface area (Å²) in [6.07, 6.45) is 0. The number of anilines is 1. The molecular weight excluding hydrogens is 425 g/mol. The van der Waals surface area contributed by atoms with E-state index in [0.29, 0.717) is 0 Å². The SMILES string of the molecule is COC(=O)c1c(-c2c(Cl)cccc2Cl)noc1NC(=O)c1ccc([N+](=O)[O-])cc1. The average Bonchev–Trinajstić information content (AvgIpc) is 3.10. The number of aromatic nitrogens is 1. The minimum atomic E-state index is -0.837. The predicted molar refractivity (Wildman–Crippen MR) is 104 cm³/mol. The van der Waals surface area contributed by atoms with Gasteiger partial charge in [-0.15, -0.1) is 0 Å². The third-order valence-electron chi connectivity index (χ3n) is 3.85. The van der Waals surface area contributed by atoms with Crippen molar-refractivity contribution in [2.75, 3.05) is 12.4 Å². The maximum absolute atomic E-state index is 12.5. The molecule has 0 fully saturated rings. The number of non-ortho nitro benzene ring substituents is 1. The highest BCUT2D eigenvalue weighted by atomic mass is 35.5. The molecule has 0 unspecified atom stereocenters. The van der Waals surface area contributed by atoms with Gasteiger partial charge in [0.25, 0.3) is 11.6 Å². The lowest BCUT2D eigenvalue weighted by Gasteiger charge is -2.07. The molecule has 11 heteroatoms. The summed E-state index contributed by atoms with van der Waals surface area (Å²) in [6, 6.07) is 9.57. The predicted octanol–water partition coefficient (Wildman–Crippen LogP) is 4.60. The van der Waals surface area contributed by atoms with Crippen LogP contribution in [0.15, 0.2) is 47.0 Å². The van der Waals surface area contributed by atoms with E-state index in [4.69, 9.17) is 32.5 Å². The molecule has 0 atom stereocenters. The van der Waals surface area contributed by atoms with Crippen LogP contribution in [-0.2, 0) is 4.74 Å². The number of rotatable bonds is 5. The lowest BCUT2D eigenvalue weighted by Crippen LogP contribution is -2.14. The summed E-state index contributed by atoms with van der Waals surface area (Å²) in [6.45, 7) is 0. The molecule has 1 amide bonds. The lowest BCUT2D eigenvalue weighted by molar-refractivity contribution is -0.384. The van der Waals surface area contributed by atoms with Crippen LogP contribution in [0.4, 0.5) is 11.6 Å². The fourth-order valence-electron chi connectivity index (χ4n) is 2.47. The van der Waals surface area contributed by atoms with Crippen molar-refractivity contribution < 1.29 is 23.8 Å². The third kappa shape index (κ3) is 4.05. The number of ether oxygens (including phenoxy) is 1. The van der Waals surface area contributed by atoms with E-state index >= 15 is 0 Å². The van der Waals surface area contributed by atoms with Crippen LogP contribution in [0.3, 0.4) is 0 Å². The van der Waals surface area contributed by atoms with E-state index in [9.17, 15) is 19.7 Å². The van der Waals surface area contributed by atoms with Crippen molar-refractivity contribution in [2.24, 2.45) is 0 Å². The van der Waals surface area contributed by atoms with Gasteiger partial charge in [0, 0.05) is 23.3 Å². The first kappa shape index (κ1) is 20.3. The Morgan fingerprint density at radius 2 is 1.76 bits per heavy atom. The number of methoxy groups -OCH3 is 1. The molecule has 0 saturated heterocycles. The van der Waals surface area contributed by atoms with Crippen LogP contribution >= 0.6 is 23.2 Å². The van der Waals surface area contributed by atoms with Crippen molar-refractivity contribution in [2.45, 2.75) is 0 Å². The maximum atomic E-state index is 12.5. The second-order valence-corrected chi connectivity index (χ2v) is 6.40. The molecule has 2 aromatic carbocycles. The second kappa shape index (κ2) is 8.29. The monoisotopic (exact) mass is 435 g/mol. The zero-order chi connectivity index (χ0) is 21.1. The van der Waals surface area contributed by atoms with Crippen LogP contribution in [0.5, 0.6) is 0 Å². The van der Waals surface area contributed by atoms with Gasteiger partial charge in [-0.1, -0.05) is 34.4 Å². The summed E-state index contributed by atoms with van der Waals surface area (Å²) in [5, 5.41) is 17.4. The number of nitrogens with zero attached hydrogens (tertiary/aromatic N) is 2. The van der Waals surface area contributed by atoms with Gasteiger partial charge in [0.05, 0.1) is 22.1 Å². The van der Waals surface area contributed by atoms with Gasteiger partial charge in [0.15, 0.2) is 5.56 Å². The number of halogens is 2. The van der Waals surface area contributed by atoms with Gasteiger partial charge in [-0.05, 0) is 24.3 Å². The van der Waals surface area contributed by atoms with Crippen molar-refractivity contribution in [3.8, 4) is 11.3 Å². The molecule has 0 spiro atoms. The fourth-order valence-corrected chi connectivity index (χ4v) is 3.05. The number of nitro benzene ring substituents is 1. The smallest absolute Gasteiger partial charge is 0.345 e. The molecule has 0 saturated carbocycles. The zero-order valence-corrected chi connectivity index (χ0v) is 16.2. The van der Waals surface area contributed by atoms with Gasteiger partial charge in [-0.25, -0.2) is 4.79 Å². The van der Waals surface area contributed by atoms with Gasteiger partial charge < -0.3 is 9.26 Å². The summed E-state index contributed by atoms with van der Waals surface area (Å²) in [5.74, 6) is -1.81. The summed E-state index contributed by atoms with van der Waals surface area (Å²) >= 11 is 12.3. The molecule has 1 aromatic heterocycles. The van der Waals surface area contributed by atoms with Crippen molar-refractivity contribution in [1.82, 2.24) is 5.16 Å². The van der Waals surface area contributed by atoms with Crippen molar-refractivity contribution >= 4 is 46.6 Å². The van der Waals surface area contributed by atoms with E-state index in [-0.39, 0.29) is 44.0 Å². The molecule has 1 heterocycles. The van der Waals surface area contributed by atoms with Crippen molar-refractivity contribution in [1.29, 1.82) is 0 Å². The van der Waals surface area contributed by atoms with E-state index in [1.807, 2.05) is 0 Å². The molecular formula is C18H11Cl2N3O6. The van der Waals surface area contributed by atoms with Crippen LogP contribution in [-0.4, -0.2) is 29.1 Å². The lowest BCUT2D eigenvalue weighted by atomic mass is 10.1. The van der Waals surface area contributed by atoms with Crippen LogP contribution in [0.25, 0.3) is 11.3 Å². The topological polar surface area (TPSA) is 125 Å². The third-order valence-corrected chi connectivity index (χ3v) is 4.48. The molecule has 0 aliphatic rings. The Kier molecular flexibility index (Phi) is 5.81. The molecule has 3 aromatic rings. The summed E-state index contributed by atoms with van der Waals surface area (Å²) in [7, 11) is 1.15. The molecule has 29 heavy (non-hydrogen) atoms. The highest BCUT2D eigenvalue weighted by Crippen LogP contribution is 2.38. The Morgan fingerprint density at radius 3 is 2.31 bits per heavy atom. The van der Waals surface area contributed by atoms with E-state index in [2.05, 4.69) is 10.5 Å². The minimum Gasteiger partial charge on any atom is -0.465 e. The molecule has 0 aliphatic carbocycles. The van der Waals surface area contributed by atoms with Crippen molar-refractivity contribution in [3.63, 3.8) is 0 Å². The number of carbonyl (C=O) groups excluding carboxylic acids is 2. The molecule has 9 nitrogen and oxygen atoms in total. The van der Waals surface area contributed by atoms with E-state index in [1.54, 1.807) is 18.2 Å². The van der Waals surface area contributed by atoms with Crippen LogP contribution in [0.2, 0.25) is 10.0 Å². The first-order valence-corrected chi connectivity index (χ1v) is 8.67. The number of amides is 1. The van der Waals surface area contributed by atoms with Crippen LogP contribution < -0.4 is 5.32 Å². The zero-order valence-electron chi connectivity index (χ0n) is 14.6. The number of nitro groups is 1. The Balaban J connectivity index is 2.00. The highest BCUT2D eigenvalue weighted by molar-refractivity contribution is 6.39. The summed E-state index contributed by atoms with van der Waals surface area (Å²) in [5.41, 5.74) is -0.0349. The Labute approximate surface area is 173 Å². The van der Waals surface area contributed by atoms with Crippen molar-refractivity contribution in [3.05, 3.63) is 73.8 Å². The number of esters is 1. The Bertz CT molecular complexity index is 1090. The maximum Gasteiger partial charge on any atom is 0.345 e. The number of carbonyl (C=O) groups is 2. The fraction of sp³-hybridized carbons (Fsp3) is 0.0556. The number of nitrogens with one attached hydrogen (secondary N) is 1.